The molecular weight excluding hydrogens is 1670 g/mol. The van der Waals surface area contributed by atoms with Crippen molar-refractivity contribution in [3.05, 3.63) is 456 Å². The molecule has 0 N–H and O–H groups in total. The van der Waals surface area contributed by atoms with Crippen LogP contribution >= 0.6 is 0 Å². The minimum atomic E-state index is -0.121. The molecule has 15 aromatic rings. The minimum absolute atomic E-state index is 0.121. The molecule has 1 aliphatic carbocycles. The summed E-state index contributed by atoms with van der Waals surface area (Å²) in [6, 6.07) is 140. The smallest absolute Gasteiger partial charge is 0.0423 e. The second kappa shape index (κ2) is 127. The summed E-state index contributed by atoms with van der Waals surface area (Å²) >= 11 is 0. The molecule has 0 nitrogen and oxygen atoms in total. The monoisotopic (exact) mass is 1890 g/mol. The Bertz CT molecular complexity index is 4200. The zero-order valence-electron chi connectivity index (χ0n) is 99.8. The van der Waals surface area contributed by atoms with E-state index in [-0.39, 0.29) is 5.41 Å². The number of hydrogen-bond acceptors (Lipinski definition) is 0. The molecule has 0 saturated heterocycles. The lowest BCUT2D eigenvalue weighted by molar-refractivity contribution is 0.644. The van der Waals surface area contributed by atoms with Crippen LogP contribution in [0.1, 0.15) is 419 Å². The van der Waals surface area contributed by atoms with Crippen LogP contribution in [0.3, 0.4) is 0 Å². The Morgan fingerprint density at radius 1 is 0.165 bits per heavy atom. The summed E-state index contributed by atoms with van der Waals surface area (Å²) in [4.78, 5) is 0. The predicted molar refractivity (Wildman–Crippen MR) is 661 cm³/mol. The van der Waals surface area contributed by atoms with Crippen LogP contribution in [-0.2, 0) is 18.3 Å². The van der Waals surface area contributed by atoms with E-state index in [1.54, 1.807) is 0 Å². The first-order valence-corrected chi connectivity index (χ1v) is 56.0. The van der Waals surface area contributed by atoms with Gasteiger partial charge < -0.3 is 0 Å². The quantitative estimate of drug-likeness (QED) is 0.113. The zero-order valence-corrected chi connectivity index (χ0v) is 99.8. The third-order valence-corrected chi connectivity index (χ3v) is 17.8. The molecule has 0 radical (unpaired) electrons. The summed E-state index contributed by atoms with van der Waals surface area (Å²) < 4.78 is 0. The Labute approximate surface area is 868 Å². The van der Waals surface area contributed by atoms with Crippen LogP contribution in [0.15, 0.2) is 394 Å². The normalized spacial score (nSPS) is 8.34. The average molecular weight is 1890 g/mol. The van der Waals surface area contributed by atoms with Crippen molar-refractivity contribution in [1.82, 2.24) is 0 Å². The van der Waals surface area contributed by atoms with Crippen LogP contribution in [0.5, 0.6) is 0 Å². The second-order valence-corrected chi connectivity index (χ2v) is 23.5. The van der Waals surface area contributed by atoms with Crippen LogP contribution in [0.2, 0.25) is 0 Å². The van der Waals surface area contributed by atoms with Crippen molar-refractivity contribution in [1.29, 1.82) is 0 Å². The highest BCUT2D eigenvalue weighted by atomic mass is 14.3. The Morgan fingerprint density at radius 2 is 0.331 bits per heavy atom. The maximum absolute atomic E-state index is 2.30. The van der Waals surface area contributed by atoms with Gasteiger partial charge in [0.05, 0.1) is 0 Å². The lowest BCUT2D eigenvalue weighted by Gasteiger charge is -2.31. The summed E-state index contributed by atoms with van der Waals surface area (Å²) in [7, 11) is 0. The van der Waals surface area contributed by atoms with Gasteiger partial charge in [-0.05, 0) is 131 Å². The van der Waals surface area contributed by atoms with Crippen molar-refractivity contribution in [2.24, 2.45) is 0 Å². The number of fused-ring (bicyclic) bond motifs is 6. The van der Waals surface area contributed by atoms with Crippen molar-refractivity contribution >= 4 is 32.3 Å². The third kappa shape index (κ3) is 63.4. The first-order valence-electron chi connectivity index (χ1n) is 56.0. The molecular formula is C139H220. The molecule has 0 heteroatoms. The standard InChI is InChI=1S/C27H24.C21H16.C20H18.C13H10.C10H8.24C2H6/c1-5-13-22(14-6-1)26(23-15-7-2-8-16-23)21-27(24-17-9-3-10-18-24)25-19-11-4-12-20-25;1-3-13-20-16(7-1)9-5-11-18(20)15-19-12-6-10-17-8-2-4-14-21(17)19;1-20(17-11-5-2-6-12-17,18-13-7-3-8-14-18)19-15-9-4-10-16-19;1-3-7-12-10(5-1)9-11-6-2-4-8-13(11)12;1-2-6-10-8-4-3-7-9(10)5-1;24*1-2/h1-20,26-27H,21H2;1-14H,15H2;2-16H,1H3;1-8H,9H2;1-8H;24*1-2H3. The van der Waals surface area contributed by atoms with Gasteiger partial charge in [0, 0.05) is 17.3 Å². The van der Waals surface area contributed by atoms with E-state index >= 15 is 0 Å². The molecule has 0 heterocycles. The van der Waals surface area contributed by atoms with Gasteiger partial charge in [0.1, 0.15) is 0 Å². The van der Waals surface area contributed by atoms with Crippen molar-refractivity contribution in [3.8, 4) is 11.1 Å². The Morgan fingerprint density at radius 3 is 0.547 bits per heavy atom. The van der Waals surface area contributed by atoms with Crippen molar-refractivity contribution < 1.29 is 0 Å². The van der Waals surface area contributed by atoms with E-state index in [1.165, 1.54) is 105 Å². The van der Waals surface area contributed by atoms with Gasteiger partial charge in [0.15, 0.2) is 0 Å². The number of benzene rings is 15. The van der Waals surface area contributed by atoms with E-state index in [4.69, 9.17) is 0 Å². The summed E-state index contributed by atoms with van der Waals surface area (Å²) in [5.41, 5.74) is 17.9. The van der Waals surface area contributed by atoms with Crippen molar-refractivity contribution in [2.45, 2.75) is 376 Å². The SMILES string of the molecule is CC.CC.CC.CC.CC.CC.CC.CC.CC.CC.CC.CC.CC.CC.CC.CC.CC.CC.CC.CC.CC.CC.CC.CC.CC(c1ccccc1)(c1ccccc1)c1ccccc1.c1ccc(C(CC(c2ccccc2)c2ccccc2)c2ccccc2)cc1.c1ccc2c(Cc3cccc4ccccc34)cccc2c1.c1ccc2c(c1)Cc1ccccc1-2.c1ccc2ccccc2c1. The van der Waals surface area contributed by atoms with Crippen LogP contribution in [-0.4, -0.2) is 0 Å². The third-order valence-electron chi connectivity index (χ3n) is 17.8. The van der Waals surface area contributed by atoms with Gasteiger partial charge in [-0.3, -0.25) is 0 Å². The molecule has 0 spiro atoms. The minimum Gasteiger partial charge on any atom is -0.0683 e. The van der Waals surface area contributed by atoms with Crippen LogP contribution in [0.4, 0.5) is 0 Å². The summed E-state index contributed by atoms with van der Waals surface area (Å²) in [5.74, 6) is 0.718. The highest BCUT2D eigenvalue weighted by Gasteiger charge is 2.31. The molecule has 0 unspecified atom stereocenters. The van der Waals surface area contributed by atoms with Gasteiger partial charge in [-0.1, -0.05) is 727 Å². The van der Waals surface area contributed by atoms with Gasteiger partial charge in [0.25, 0.3) is 0 Å². The van der Waals surface area contributed by atoms with E-state index in [9.17, 15) is 0 Å². The summed E-state index contributed by atoms with van der Waals surface area (Å²) in [6.07, 6.45) is 3.12. The fourth-order valence-electron chi connectivity index (χ4n) is 13.0. The number of rotatable bonds is 11. The fourth-order valence-corrected chi connectivity index (χ4v) is 13.0. The lowest BCUT2D eigenvalue weighted by atomic mass is 9.71. The molecule has 15 aromatic carbocycles. The van der Waals surface area contributed by atoms with E-state index in [0.29, 0.717) is 11.8 Å². The highest BCUT2D eigenvalue weighted by molar-refractivity contribution is 5.89. The molecule has 776 valence electrons. The highest BCUT2D eigenvalue weighted by Crippen LogP contribution is 2.41. The molecule has 0 aliphatic heterocycles. The molecule has 0 atom stereocenters. The van der Waals surface area contributed by atoms with E-state index < -0.39 is 0 Å². The van der Waals surface area contributed by atoms with Gasteiger partial charge >= 0.3 is 0 Å². The van der Waals surface area contributed by atoms with Gasteiger partial charge in [-0.15, -0.1) is 0 Å². The van der Waals surface area contributed by atoms with Gasteiger partial charge in [-0.25, -0.2) is 0 Å². The molecule has 139 heavy (non-hydrogen) atoms. The average Bonchev–Trinajstić information content (AvgIpc) is 1.56. The maximum Gasteiger partial charge on any atom is 0.0423 e. The van der Waals surface area contributed by atoms with Crippen LogP contribution in [0, 0.1) is 0 Å². The predicted octanol–water partition coefficient (Wildman–Crippen LogP) is 48.4. The Balaban J connectivity index is -0.000000119. The number of hydrogen-bond donors (Lipinski definition) is 0. The molecule has 0 amide bonds. The van der Waals surface area contributed by atoms with Crippen LogP contribution in [0.25, 0.3) is 43.4 Å². The molecule has 0 saturated carbocycles. The Kier molecular flexibility index (Phi) is 143. The van der Waals surface area contributed by atoms with E-state index in [2.05, 4.69) is 401 Å². The van der Waals surface area contributed by atoms with Gasteiger partial charge in [-0.2, -0.15) is 0 Å². The maximum atomic E-state index is 2.30. The van der Waals surface area contributed by atoms with Crippen molar-refractivity contribution in [2.75, 3.05) is 0 Å². The zero-order chi connectivity index (χ0) is 110. The van der Waals surface area contributed by atoms with Crippen molar-refractivity contribution in [3.63, 3.8) is 0 Å². The second-order valence-electron chi connectivity index (χ2n) is 23.5. The van der Waals surface area contributed by atoms with E-state index in [1.807, 2.05) is 332 Å². The largest absolute Gasteiger partial charge is 0.0683 e. The van der Waals surface area contributed by atoms with E-state index in [0.717, 1.165) is 19.3 Å². The molecule has 1 aliphatic rings. The Hall–Kier alpha value is -10.9. The fraction of sp³-hybridized carbons (Fsp3) is 0.396. The van der Waals surface area contributed by atoms with Crippen LogP contribution < -0.4 is 0 Å². The lowest BCUT2D eigenvalue weighted by Crippen LogP contribution is -2.25. The molecule has 0 aromatic heterocycles. The topological polar surface area (TPSA) is 0 Å². The van der Waals surface area contributed by atoms with Gasteiger partial charge in [0.2, 0.25) is 0 Å². The summed E-state index contributed by atoms with van der Waals surface area (Å²) in [6.45, 7) is 98.3. The molecule has 0 fully saturated rings. The first kappa shape index (κ1) is 156. The molecule has 16 rings (SSSR count). The first-order chi connectivity index (χ1) is 69.1. The summed E-state index contributed by atoms with van der Waals surface area (Å²) in [5, 5.41) is 7.96. The molecule has 0 bridgehead atoms.